The summed E-state index contributed by atoms with van der Waals surface area (Å²) in [7, 11) is 0. The van der Waals surface area contributed by atoms with Gasteiger partial charge in [-0.3, -0.25) is 9.59 Å². The highest BCUT2D eigenvalue weighted by atomic mass is 16.4. The van der Waals surface area contributed by atoms with E-state index in [0.29, 0.717) is 18.4 Å². The number of ketones is 1. The monoisotopic (exact) mass is 389 g/mol. The van der Waals surface area contributed by atoms with Crippen LogP contribution in [0.4, 0.5) is 0 Å². The Bertz CT molecular complexity index is 1030. The summed E-state index contributed by atoms with van der Waals surface area (Å²) in [6.07, 6.45) is 1.02. The van der Waals surface area contributed by atoms with Crippen LogP contribution in [0.2, 0.25) is 0 Å². The van der Waals surface area contributed by atoms with E-state index in [1.165, 1.54) is 0 Å². The molecule has 5 heteroatoms. The van der Waals surface area contributed by atoms with Crippen LogP contribution in [0.5, 0.6) is 0 Å². The van der Waals surface area contributed by atoms with Crippen molar-refractivity contribution in [2.75, 3.05) is 0 Å². The first-order chi connectivity index (χ1) is 14.0. The number of carboxylic acid groups (broad SMARTS) is 1. The lowest BCUT2D eigenvalue weighted by Gasteiger charge is -2.16. The molecule has 0 aliphatic heterocycles. The Morgan fingerprint density at radius 2 is 1.55 bits per heavy atom. The molecule has 0 unspecified atom stereocenters. The van der Waals surface area contributed by atoms with Gasteiger partial charge in [-0.1, -0.05) is 67.6 Å². The van der Waals surface area contributed by atoms with Crippen molar-refractivity contribution >= 4 is 28.4 Å². The van der Waals surface area contributed by atoms with Crippen molar-refractivity contribution in [1.29, 1.82) is 0 Å². The van der Waals surface area contributed by atoms with Gasteiger partial charge < -0.3 is 10.4 Å². The number of rotatable bonds is 8. The van der Waals surface area contributed by atoms with Gasteiger partial charge >= 0.3 is 5.97 Å². The van der Waals surface area contributed by atoms with Crippen LogP contribution in [-0.4, -0.2) is 28.8 Å². The second-order valence-corrected chi connectivity index (χ2v) is 6.98. The molecule has 3 aromatic rings. The number of carboxylic acids is 1. The summed E-state index contributed by atoms with van der Waals surface area (Å²) in [5.41, 5.74) is 2.12. The van der Waals surface area contributed by atoms with Gasteiger partial charge in [-0.15, -0.1) is 0 Å². The average Bonchev–Trinajstić information content (AvgIpc) is 2.73. The quantitative estimate of drug-likeness (QED) is 0.614. The molecular weight excluding hydrogens is 366 g/mol. The molecule has 3 aromatic carbocycles. The van der Waals surface area contributed by atoms with E-state index in [1.54, 1.807) is 24.3 Å². The Labute approximate surface area is 169 Å². The Morgan fingerprint density at radius 1 is 0.897 bits per heavy atom. The summed E-state index contributed by atoms with van der Waals surface area (Å²) < 4.78 is 0. The van der Waals surface area contributed by atoms with Gasteiger partial charge in [0.25, 0.3) is 5.91 Å². The zero-order valence-electron chi connectivity index (χ0n) is 16.2. The first kappa shape index (κ1) is 20.3. The maximum Gasteiger partial charge on any atom is 0.326 e. The third-order valence-corrected chi connectivity index (χ3v) is 4.90. The number of hydrogen-bond acceptors (Lipinski definition) is 3. The maximum absolute atomic E-state index is 12.8. The Morgan fingerprint density at radius 3 is 2.24 bits per heavy atom. The average molecular weight is 389 g/mol. The van der Waals surface area contributed by atoms with E-state index in [2.05, 4.69) is 5.32 Å². The molecule has 0 aromatic heterocycles. The number of fused-ring (bicyclic) bond motifs is 1. The lowest BCUT2D eigenvalue weighted by molar-refractivity contribution is -0.139. The molecule has 148 valence electrons. The third kappa shape index (κ3) is 5.08. The molecule has 0 heterocycles. The van der Waals surface area contributed by atoms with E-state index in [0.717, 1.165) is 21.9 Å². The molecule has 0 radical (unpaired) electrons. The van der Waals surface area contributed by atoms with Gasteiger partial charge in [0.2, 0.25) is 0 Å². The number of nitrogens with one attached hydrogen (secondary N) is 1. The molecular formula is C24H23NO4. The molecule has 0 aliphatic carbocycles. The largest absolute Gasteiger partial charge is 0.480 e. The number of carbonyl (C=O) groups is 3. The SMILES string of the molecule is CCC(=O)Cc1ccc(C[C@@H](NC(=O)c2cccc3ccccc23)C(=O)O)cc1. The summed E-state index contributed by atoms with van der Waals surface area (Å²) in [5, 5.41) is 13.9. The van der Waals surface area contributed by atoms with Crippen molar-refractivity contribution in [2.45, 2.75) is 32.2 Å². The lowest BCUT2D eigenvalue weighted by Crippen LogP contribution is -2.42. The fraction of sp³-hybridized carbons (Fsp3) is 0.208. The highest BCUT2D eigenvalue weighted by Crippen LogP contribution is 2.19. The van der Waals surface area contributed by atoms with E-state index in [9.17, 15) is 19.5 Å². The number of aliphatic carboxylic acids is 1. The molecule has 0 saturated carbocycles. The van der Waals surface area contributed by atoms with Crippen LogP contribution in [-0.2, 0) is 22.4 Å². The molecule has 0 fully saturated rings. The first-order valence-electron chi connectivity index (χ1n) is 9.59. The third-order valence-electron chi connectivity index (χ3n) is 4.90. The number of carbonyl (C=O) groups excluding carboxylic acids is 2. The Kier molecular flexibility index (Phi) is 6.39. The van der Waals surface area contributed by atoms with E-state index in [1.807, 2.05) is 49.4 Å². The topological polar surface area (TPSA) is 83.5 Å². The minimum absolute atomic E-state index is 0.156. The minimum atomic E-state index is -1.09. The molecule has 29 heavy (non-hydrogen) atoms. The van der Waals surface area contributed by atoms with Gasteiger partial charge in [0, 0.05) is 24.8 Å². The van der Waals surface area contributed by atoms with Gasteiger partial charge in [-0.2, -0.15) is 0 Å². The van der Waals surface area contributed by atoms with Crippen LogP contribution < -0.4 is 5.32 Å². The molecule has 0 spiro atoms. The zero-order valence-corrected chi connectivity index (χ0v) is 16.2. The fourth-order valence-corrected chi connectivity index (χ4v) is 3.24. The van der Waals surface area contributed by atoms with Gasteiger partial charge in [0.1, 0.15) is 11.8 Å². The molecule has 0 aliphatic rings. The maximum atomic E-state index is 12.8. The van der Waals surface area contributed by atoms with Crippen LogP contribution in [0.25, 0.3) is 10.8 Å². The Balaban J connectivity index is 1.74. The smallest absolute Gasteiger partial charge is 0.326 e. The van der Waals surface area contributed by atoms with Crippen molar-refractivity contribution in [3.05, 3.63) is 83.4 Å². The van der Waals surface area contributed by atoms with Gasteiger partial charge in [0.05, 0.1) is 0 Å². The van der Waals surface area contributed by atoms with Crippen LogP contribution in [0.1, 0.15) is 34.8 Å². The predicted octanol–water partition coefficient (Wildman–Crippen LogP) is 3.79. The summed E-state index contributed by atoms with van der Waals surface area (Å²) in [5.74, 6) is -1.35. The van der Waals surface area contributed by atoms with Gasteiger partial charge in [-0.05, 0) is 28.0 Å². The second kappa shape index (κ2) is 9.15. The highest BCUT2D eigenvalue weighted by Gasteiger charge is 2.22. The minimum Gasteiger partial charge on any atom is -0.480 e. The summed E-state index contributed by atoms with van der Waals surface area (Å²) in [6, 6.07) is 19.1. The summed E-state index contributed by atoms with van der Waals surface area (Å²) in [4.78, 5) is 36.0. The van der Waals surface area contributed by atoms with Crippen molar-refractivity contribution in [2.24, 2.45) is 0 Å². The number of Topliss-reactive ketones (excluding diaryl/α,β-unsaturated/α-hetero) is 1. The van der Waals surface area contributed by atoms with Crippen LogP contribution in [0, 0.1) is 0 Å². The van der Waals surface area contributed by atoms with E-state index in [-0.39, 0.29) is 12.2 Å². The molecule has 1 atom stereocenters. The summed E-state index contributed by atoms with van der Waals surface area (Å²) >= 11 is 0. The lowest BCUT2D eigenvalue weighted by atomic mass is 10.0. The normalized spacial score (nSPS) is 11.8. The molecule has 1 amide bonds. The second-order valence-electron chi connectivity index (χ2n) is 6.98. The predicted molar refractivity (Wildman–Crippen MR) is 112 cm³/mol. The van der Waals surface area contributed by atoms with Crippen molar-refractivity contribution in [3.8, 4) is 0 Å². The van der Waals surface area contributed by atoms with E-state index >= 15 is 0 Å². The highest BCUT2D eigenvalue weighted by molar-refractivity contribution is 6.07. The number of amides is 1. The molecule has 3 rings (SSSR count). The van der Waals surface area contributed by atoms with E-state index in [4.69, 9.17) is 0 Å². The van der Waals surface area contributed by atoms with Gasteiger partial charge in [-0.25, -0.2) is 4.79 Å². The summed E-state index contributed by atoms with van der Waals surface area (Å²) in [6.45, 7) is 1.83. The van der Waals surface area contributed by atoms with Crippen molar-refractivity contribution < 1.29 is 19.5 Å². The zero-order chi connectivity index (χ0) is 20.8. The molecule has 0 saturated heterocycles. The number of benzene rings is 3. The molecule has 5 nitrogen and oxygen atoms in total. The van der Waals surface area contributed by atoms with Gasteiger partial charge in [0.15, 0.2) is 0 Å². The Hall–Kier alpha value is -3.47. The van der Waals surface area contributed by atoms with Crippen LogP contribution in [0.3, 0.4) is 0 Å². The standard InChI is InChI=1S/C24H23NO4/c1-2-19(26)14-16-10-12-17(13-11-16)15-22(24(28)29)25-23(27)21-9-5-7-18-6-3-4-8-20(18)21/h3-13,22H,2,14-15H2,1H3,(H,25,27)(H,28,29)/t22-/m1/s1. The van der Waals surface area contributed by atoms with E-state index < -0.39 is 17.9 Å². The fourth-order valence-electron chi connectivity index (χ4n) is 3.24. The van der Waals surface area contributed by atoms with Crippen LogP contribution >= 0.6 is 0 Å². The molecule has 2 N–H and O–H groups in total. The van der Waals surface area contributed by atoms with Crippen molar-refractivity contribution in [1.82, 2.24) is 5.32 Å². The van der Waals surface area contributed by atoms with Crippen LogP contribution in [0.15, 0.2) is 66.7 Å². The van der Waals surface area contributed by atoms with Crippen molar-refractivity contribution in [3.63, 3.8) is 0 Å². The molecule has 0 bridgehead atoms. The first-order valence-corrected chi connectivity index (χ1v) is 9.59. The number of hydrogen-bond donors (Lipinski definition) is 2.